The molecule has 1 atom stereocenters. The van der Waals surface area contributed by atoms with Crippen molar-refractivity contribution in [1.29, 1.82) is 0 Å². The van der Waals surface area contributed by atoms with Crippen LogP contribution in [0.15, 0.2) is 34.9 Å². The summed E-state index contributed by atoms with van der Waals surface area (Å²) in [6.07, 6.45) is 1.53. The average Bonchev–Trinajstić information content (AvgIpc) is 2.78. The van der Waals surface area contributed by atoms with Crippen molar-refractivity contribution < 1.29 is 4.52 Å². The fraction of sp³-hybridized carbons (Fsp3) is 0.429. The van der Waals surface area contributed by atoms with Crippen molar-refractivity contribution in [3.8, 4) is 0 Å². The molecule has 0 spiro atoms. The molecule has 0 fully saturated rings. The standard InChI is InChI=1S/C14H19N3O/c1-10(2)8-13-16-14(18-17-13)12(15)9-11-6-4-3-5-7-11/h3-7,10,12H,8-9,15H2,1-2H3. The minimum absolute atomic E-state index is 0.235. The first-order valence-corrected chi connectivity index (χ1v) is 6.27. The molecule has 0 radical (unpaired) electrons. The highest BCUT2D eigenvalue weighted by molar-refractivity contribution is 5.16. The monoisotopic (exact) mass is 245 g/mol. The summed E-state index contributed by atoms with van der Waals surface area (Å²) in [6, 6.07) is 9.85. The number of hydrogen-bond donors (Lipinski definition) is 1. The number of benzene rings is 1. The third-order valence-corrected chi connectivity index (χ3v) is 2.69. The second-order valence-corrected chi connectivity index (χ2v) is 4.94. The van der Waals surface area contributed by atoms with Gasteiger partial charge in [-0.15, -0.1) is 0 Å². The van der Waals surface area contributed by atoms with Crippen LogP contribution in [0.2, 0.25) is 0 Å². The summed E-state index contributed by atoms with van der Waals surface area (Å²) in [7, 11) is 0. The zero-order chi connectivity index (χ0) is 13.0. The number of rotatable bonds is 5. The van der Waals surface area contributed by atoms with Crippen molar-refractivity contribution in [2.75, 3.05) is 0 Å². The summed E-state index contributed by atoms with van der Waals surface area (Å²) in [5, 5.41) is 3.95. The minimum Gasteiger partial charge on any atom is -0.338 e. The minimum atomic E-state index is -0.235. The molecular formula is C14H19N3O. The molecule has 0 bridgehead atoms. The normalized spacial score (nSPS) is 12.9. The van der Waals surface area contributed by atoms with E-state index in [0.717, 1.165) is 12.2 Å². The van der Waals surface area contributed by atoms with Gasteiger partial charge in [0.05, 0.1) is 6.04 Å². The number of nitrogens with two attached hydrogens (primary N) is 1. The lowest BCUT2D eigenvalue weighted by atomic mass is 10.1. The lowest BCUT2D eigenvalue weighted by Gasteiger charge is -2.06. The van der Waals surface area contributed by atoms with Crippen LogP contribution in [0.25, 0.3) is 0 Å². The fourth-order valence-electron chi connectivity index (χ4n) is 1.82. The predicted octanol–water partition coefficient (Wildman–Crippen LogP) is 2.51. The molecular weight excluding hydrogens is 226 g/mol. The molecule has 0 aliphatic rings. The van der Waals surface area contributed by atoms with E-state index in [2.05, 4.69) is 24.0 Å². The van der Waals surface area contributed by atoms with E-state index in [9.17, 15) is 0 Å². The largest absolute Gasteiger partial charge is 0.338 e. The van der Waals surface area contributed by atoms with Gasteiger partial charge in [-0.1, -0.05) is 49.3 Å². The molecule has 1 unspecified atom stereocenters. The average molecular weight is 245 g/mol. The molecule has 1 aromatic heterocycles. The van der Waals surface area contributed by atoms with Crippen LogP contribution >= 0.6 is 0 Å². The van der Waals surface area contributed by atoms with Gasteiger partial charge in [0.15, 0.2) is 5.82 Å². The Hall–Kier alpha value is -1.68. The summed E-state index contributed by atoms with van der Waals surface area (Å²) in [5.74, 6) is 1.78. The van der Waals surface area contributed by atoms with Gasteiger partial charge in [0.25, 0.3) is 0 Å². The Kier molecular flexibility index (Phi) is 4.10. The van der Waals surface area contributed by atoms with Crippen LogP contribution in [-0.4, -0.2) is 10.1 Å². The van der Waals surface area contributed by atoms with Crippen molar-refractivity contribution in [2.45, 2.75) is 32.7 Å². The maximum absolute atomic E-state index is 6.07. The molecule has 0 amide bonds. The number of aromatic nitrogens is 2. The number of hydrogen-bond acceptors (Lipinski definition) is 4. The Labute approximate surface area is 107 Å². The lowest BCUT2D eigenvalue weighted by molar-refractivity contribution is 0.348. The lowest BCUT2D eigenvalue weighted by Crippen LogP contribution is -2.14. The highest BCUT2D eigenvalue weighted by Crippen LogP contribution is 2.15. The van der Waals surface area contributed by atoms with Gasteiger partial charge in [0.2, 0.25) is 5.89 Å². The first-order chi connectivity index (χ1) is 8.65. The molecule has 1 aromatic carbocycles. The van der Waals surface area contributed by atoms with Gasteiger partial charge in [-0.25, -0.2) is 0 Å². The van der Waals surface area contributed by atoms with Crippen molar-refractivity contribution in [1.82, 2.24) is 10.1 Å². The Morgan fingerprint density at radius 2 is 1.89 bits per heavy atom. The van der Waals surface area contributed by atoms with E-state index in [-0.39, 0.29) is 6.04 Å². The third-order valence-electron chi connectivity index (χ3n) is 2.69. The van der Waals surface area contributed by atoms with Crippen molar-refractivity contribution >= 4 is 0 Å². The topological polar surface area (TPSA) is 64.9 Å². The Morgan fingerprint density at radius 3 is 2.56 bits per heavy atom. The molecule has 18 heavy (non-hydrogen) atoms. The van der Waals surface area contributed by atoms with E-state index in [4.69, 9.17) is 10.3 Å². The van der Waals surface area contributed by atoms with Crippen LogP contribution in [0.4, 0.5) is 0 Å². The summed E-state index contributed by atoms with van der Waals surface area (Å²) >= 11 is 0. The first-order valence-electron chi connectivity index (χ1n) is 6.27. The van der Waals surface area contributed by atoms with Crippen LogP contribution in [0.5, 0.6) is 0 Å². The molecule has 1 heterocycles. The fourth-order valence-corrected chi connectivity index (χ4v) is 1.82. The van der Waals surface area contributed by atoms with Gasteiger partial charge in [-0.05, 0) is 17.9 Å². The van der Waals surface area contributed by atoms with Gasteiger partial charge >= 0.3 is 0 Å². The SMILES string of the molecule is CC(C)Cc1noc(C(N)Cc2ccccc2)n1. The van der Waals surface area contributed by atoms with Crippen molar-refractivity contribution in [3.63, 3.8) is 0 Å². The van der Waals surface area contributed by atoms with Crippen LogP contribution in [-0.2, 0) is 12.8 Å². The van der Waals surface area contributed by atoms with Crippen molar-refractivity contribution in [3.05, 3.63) is 47.6 Å². The second-order valence-electron chi connectivity index (χ2n) is 4.94. The van der Waals surface area contributed by atoms with Gasteiger partial charge in [-0.2, -0.15) is 4.98 Å². The van der Waals surface area contributed by atoms with E-state index >= 15 is 0 Å². The maximum Gasteiger partial charge on any atom is 0.243 e. The summed E-state index contributed by atoms with van der Waals surface area (Å²) < 4.78 is 5.21. The highest BCUT2D eigenvalue weighted by Gasteiger charge is 2.15. The molecule has 96 valence electrons. The molecule has 2 rings (SSSR count). The van der Waals surface area contributed by atoms with Gasteiger partial charge in [0, 0.05) is 6.42 Å². The Balaban J connectivity index is 2.00. The maximum atomic E-state index is 6.07. The first kappa shape index (κ1) is 12.8. The molecule has 0 aliphatic carbocycles. The van der Waals surface area contributed by atoms with Crippen molar-refractivity contribution in [2.24, 2.45) is 11.7 Å². The van der Waals surface area contributed by atoms with E-state index in [1.165, 1.54) is 5.56 Å². The third kappa shape index (κ3) is 3.40. The van der Waals surface area contributed by atoms with E-state index in [1.807, 2.05) is 30.3 Å². The van der Waals surface area contributed by atoms with Gasteiger partial charge in [-0.3, -0.25) is 0 Å². The molecule has 0 aliphatic heterocycles. The number of nitrogens with zero attached hydrogens (tertiary/aromatic N) is 2. The summed E-state index contributed by atoms with van der Waals surface area (Å²) in [5.41, 5.74) is 7.25. The summed E-state index contributed by atoms with van der Waals surface area (Å²) in [4.78, 5) is 4.34. The quantitative estimate of drug-likeness (QED) is 0.879. The molecule has 0 saturated carbocycles. The molecule has 2 aromatic rings. The van der Waals surface area contributed by atoms with Crippen LogP contribution in [0.1, 0.15) is 37.2 Å². The highest BCUT2D eigenvalue weighted by atomic mass is 16.5. The van der Waals surface area contributed by atoms with Gasteiger partial charge < -0.3 is 10.3 Å². The molecule has 0 saturated heterocycles. The van der Waals surface area contributed by atoms with E-state index in [0.29, 0.717) is 18.2 Å². The zero-order valence-electron chi connectivity index (χ0n) is 10.8. The van der Waals surface area contributed by atoms with E-state index in [1.54, 1.807) is 0 Å². The second kappa shape index (κ2) is 5.78. The smallest absolute Gasteiger partial charge is 0.243 e. The van der Waals surface area contributed by atoms with Crippen LogP contribution in [0, 0.1) is 5.92 Å². The molecule has 2 N–H and O–H groups in total. The Morgan fingerprint density at radius 1 is 1.17 bits per heavy atom. The molecule has 4 nitrogen and oxygen atoms in total. The van der Waals surface area contributed by atoms with Crippen LogP contribution < -0.4 is 5.73 Å². The predicted molar refractivity (Wildman–Crippen MR) is 69.9 cm³/mol. The molecule has 4 heteroatoms. The van der Waals surface area contributed by atoms with E-state index < -0.39 is 0 Å². The summed E-state index contributed by atoms with van der Waals surface area (Å²) in [6.45, 7) is 4.25. The Bertz CT molecular complexity index is 479. The van der Waals surface area contributed by atoms with Crippen LogP contribution in [0.3, 0.4) is 0 Å². The van der Waals surface area contributed by atoms with Gasteiger partial charge in [0.1, 0.15) is 0 Å². The zero-order valence-corrected chi connectivity index (χ0v) is 10.8.